The highest BCUT2D eigenvalue weighted by Gasteiger charge is 2.13. The minimum Gasteiger partial charge on any atom is -0.497 e. The smallest absolute Gasteiger partial charge is 0.167 e. The number of aryl methyl sites for hydroxylation is 1. The predicted octanol–water partition coefficient (Wildman–Crippen LogP) is 3.11. The van der Waals surface area contributed by atoms with E-state index >= 15 is 0 Å². The van der Waals surface area contributed by atoms with Crippen LogP contribution in [-0.4, -0.2) is 20.0 Å². The molecule has 0 fully saturated rings. The summed E-state index contributed by atoms with van der Waals surface area (Å²) in [6.45, 7) is 0. The second-order valence-electron chi connectivity index (χ2n) is 4.07. The molecule has 0 bridgehead atoms. The average molecular weight is 260 g/mol. The molecule has 19 heavy (non-hydrogen) atoms. The molecule has 0 atom stereocenters. The molecule has 4 heteroatoms. The van der Waals surface area contributed by atoms with Crippen molar-refractivity contribution in [1.29, 1.82) is 0 Å². The fraction of sp³-hybridized carbons (Fsp3) is 0.267. The van der Waals surface area contributed by atoms with Crippen molar-refractivity contribution in [2.45, 2.75) is 12.8 Å². The predicted molar refractivity (Wildman–Crippen MR) is 70.9 cm³/mol. The van der Waals surface area contributed by atoms with E-state index in [-0.39, 0.29) is 5.78 Å². The molecule has 0 N–H and O–H groups in total. The van der Waals surface area contributed by atoms with Crippen molar-refractivity contribution in [2.24, 2.45) is 0 Å². The van der Waals surface area contributed by atoms with Crippen LogP contribution in [0.5, 0.6) is 11.5 Å². The van der Waals surface area contributed by atoms with Gasteiger partial charge in [0.2, 0.25) is 0 Å². The number of ether oxygens (including phenoxy) is 2. The summed E-state index contributed by atoms with van der Waals surface area (Å²) in [6, 6.07) is 8.86. The van der Waals surface area contributed by atoms with Crippen LogP contribution in [0.2, 0.25) is 0 Å². The summed E-state index contributed by atoms with van der Waals surface area (Å²) in [5.74, 6) is 2.03. The van der Waals surface area contributed by atoms with Gasteiger partial charge in [-0.25, -0.2) is 0 Å². The Labute approximate surface area is 111 Å². The minimum atomic E-state index is 0.0240. The van der Waals surface area contributed by atoms with E-state index in [4.69, 9.17) is 13.9 Å². The molecule has 0 saturated heterocycles. The van der Waals surface area contributed by atoms with Crippen molar-refractivity contribution in [2.75, 3.05) is 14.2 Å². The van der Waals surface area contributed by atoms with Crippen LogP contribution in [0.3, 0.4) is 0 Å². The van der Waals surface area contributed by atoms with E-state index in [1.165, 1.54) is 7.11 Å². The standard InChI is InChI=1S/C15H16O4/c1-17-12-5-7-13(15(10-12)18-2)14(16)8-6-11-4-3-9-19-11/h3-5,7,9-10H,6,8H2,1-2H3. The van der Waals surface area contributed by atoms with E-state index in [0.717, 1.165) is 5.76 Å². The Morgan fingerprint density at radius 1 is 1.21 bits per heavy atom. The summed E-state index contributed by atoms with van der Waals surface area (Å²) >= 11 is 0. The number of Topliss-reactive ketones (excluding diaryl/α,β-unsaturated/α-hetero) is 1. The van der Waals surface area contributed by atoms with Gasteiger partial charge in [0.05, 0.1) is 26.0 Å². The average Bonchev–Trinajstić information content (AvgIpc) is 2.97. The SMILES string of the molecule is COc1ccc(C(=O)CCc2ccco2)c(OC)c1. The quantitative estimate of drug-likeness (QED) is 0.749. The number of benzene rings is 1. The fourth-order valence-corrected chi connectivity index (χ4v) is 1.86. The van der Waals surface area contributed by atoms with Crippen molar-refractivity contribution in [3.05, 3.63) is 47.9 Å². The number of hydrogen-bond donors (Lipinski definition) is 0. The van der Waals surface area contributed by atoms with Crippen LogP contribution < -0.4 is 9.47 Å². The Hall–Kier alpha value is -2.23. The highest BCUT2D eigenvalue weighted by Crippen LogP contribution is 2.26. The summed E-state index contributed by atoms with van der Waals surface area (Å²) in [4.78, 5) is 12.2. The minimum absolute atomic E-state index is 0.0240. The van der Waals surface area contributed by atoms with Crippen LogP contribution in [-0.2, 0) is 6.42 Å². The summed E-state index contributed by atoms with van der Waals surface area (Å²) in [5.41, 5.74) is 0.565. The molecule has 0 spiro atoms. The summed E-state index contributed by atoms with van der Waals surface area (Å²) in [6.07, 6.45) is 2.57. The zero-order valence-electron chi connectivity index (χ0n) is 11.0. The van der Waals surface area contributed by atoms with E-state index in [1.54, 1.807) is 31.6 Å². The Morgan fingerprint density at radius 2 is 2.05 bits per heavy atom. The highest BCUT2D eigenvalue weighted by molar-refractivity contribution is 5.98. The molecule has 0 amide bonds. The van der Waals surface area contributed by atoms with Gasteiger partial charge in [0.15, 0.2) is 5.78 Å². The lowest BCUT2D eigenvalue weighted by molar-refractivity contribution is 0.0978. The zero-order chi connectivity index (χ0) is 13.7. The molecule has 0 radical (unpaired) electrons. The maximum Gasteiger partial charge on any atom is 0.167 e. The maximum absolute atomic E-state index is 12.2. The monoisotopic (exact) mass is 260 g/mol. The lowest BCUT2D eigenvalue weighted by Gasteiger charge is -2.09. The molecule has 0 aliphatic rings. The number of ketones is 1. The summed E-state index contributed by atoms with van der Waals surface area (Å²) in [7, 11) is 3.12. The van der Waals surface area contributed by atoms with E-state index in [2.05, 4.69) is 0 Å². The third-order valence-electron chi connectivity index (χ3n) is 2.89. The first-order chi connectivity index (χ1) is 9.24. The number of hydrogen-bond acceptors (Lipinski definition) is 4. The third kappa shape index (κ3) is 3.16. The van der Waals surface area contributed by atoms with E-state index in [0.29, 0.717) is 29.9 Å². The van der Waals surface area contributed by atoms with E-state index in [1.807, 2.05) is 12.1 Å². The number of furan rings is 1. The van der Waals surface area contributed by atoms with Gasteiger partial charge in [0.1, 0.15) is 17.3 Å². The molecule has 0 aliphatic carbocycles. The molecule has 0 saturated carbocycles. The number of methoxy groups -OCH3 is 2. The number of rotatable bonds is 6. The van der Waals surface area contributed by atoms with Crippen molar-refractivity contribution in [1.82, 2.24) is 0 Å². The lowest BCUT2D eigenvalue weighted by atomic mass is 10.0. The Morgan fingerprint density at radius 3 is 2.68 bits per heavy atom. The van der Waals surface area contributed by atoms with Gasteiger partial charge in [-0.1, -0.05) is 0 Å². The van der Waals surface area contributed by atoms with Crippen molar-refractivity contribution < 1.29 is 18.7 Å². The Bertz CT molecular complexity index is 543. The molecule has 0 aliphatic heterocycles. The van der Waals surface area contributed by atoms with Gasteiger partial charge in [0, 0.05) is 18.9 Å². The molecule has 1 aromatic heterocycles. The van der Waals surface area contributed by atoms with Gasteiger partial charge < -0.3 is 13.9 Å². The molecule has 2 rings (SSSR count). The van der Waals surface area contributed by atoms with Crippen LogP contribution in [0.15, 0.2) is 41.0 Å². The molecule has 1 heterocycles. The molecular weight excluding hydrogens is 244 g/mol. The molecule has 2 aromatic rings. The molecular formula is C15H16O4. The summed E-state index contributed by atoms with van der Waals surface area (Å²) < 4.78 is 15.5. The molecule has 4 nitrogen and oxygen atoms in total. The Balaban J connectivity index is 2.09. The van der Waals surface area contributed by atoms with E-state index in [9.17, 15) is 4.79 Å². The van der Waals surface area contributed by atoms with Gasteiger partial charge in [0.25, 0.3) is 0 Å². The van der Waals surface area contributed by atoms with Crippen LogP contribution in [0.4, 0.5) is 0 Å². The van der Waals surface area contributed by atoms with Crippen molar-refractivity contribution in [3.8, 4) is 11.5 Å². The first kappa shape index (κ1) is 13.2. The Kier molecular flexibility index (Phi) is 4.23. The molecule has 0 unspecified atom stereocenters. The maximum atomic E-state index is 12.2. The topological polar surface area (TPSA) is 48.7 Å². The van der Waals surface area contributed by atoms with Crippen molar-refractivity contribution >= 4 is 5.78 Å². The van der Waals surface area contributed by atoms with Crippen LogP contribution >= 0.6 is 0 Å². The van der Waals surface area contributed by atoms with Crippen LogP contribution in [0.1, 0.15) is 22.5 Å². The third-order valence-corrected chi connectivity index (χ3v) is 2.89. The van der Waals surface area contributed by atoms with Gasteiger partial charge in [-0.2, -0.15) is 0 Å². The number of carbonyl (C=O) groups excluding carboxylic acids is 1. The van der Waals surface area contributed by atoms with Crippen molar-refractivity contribution in [3.63, 3.8) is 0 Å². The molecule has 100 valence electrons. The van der Waals surface area contributed by atoms with Crippen LogP contribution in [0.25, 0.3) is 0 Å². The first-order valence-electron chi connectivity index (χ1n) is 6.02. The lowest BCUT2D eigenvalue weighted by Crippen LogP contribution is -2.04. The normalized spacial score (nSPS) is 10.2. The fourth-order valence-electron chi connectivity index (χ4n) is 1.86. The van der Waals surface area contributed by atoms with Crippen LogP contribution in [0, 0.1) is 0 Å². The van der Waals surface area contributed by atoms with Gasteiger partial charge >= 0.3 is 0 Å². The van der Waals surface area contributed by atoms with E-state index < -0.39 is 0 Å². The largest absolute Gasteiger partial charge is 0.497 e. The number of carbonyl (C=O) groups is 1. The highest BCUT2D eigenvalue weighted by atomic mass is 16.5. The van der Waals surface area contributed by atoms with Gasteiger partial charge in [-0.05, 0) is 24.3 Å². The second kappa shape index (κ2) is 6.09. The van der Waals surface area contributed by atoms with Gasteiger partial charge in [-0.15, -0.1) is 0 Å². The summed E-state index contributed by atoms with van der Waals surface area (Å²) in [5, 5.41) is 0. The zero-order valence-corrected chi connectivity index (χ0v) is 11.0. The van der Waals surface area contributed by atoms with Gasteiger partial charge in [-0.3, -0.25) is 4.79 Å². The first-order valence-corrected chi connectivity index (χ1v) is 6.02. The molecule has 1 aromatic carbocycles. The second-order valence-corrected chi connectivity index (χ2v) is 4.07.